The van der Waals surface area contributed by atoms with Gasteiger partial charge in [0.1, 0.15) is 0 Å². The Morgan fingerprint density at radius 2 is 2.22 bits per heavy atom. The monoisotopic (exact) mass is 244 g/mol. The van der Waals surface area contributed by atoms with E-state index in [0.29, 0.717) is 0 Å². The molecule has 18 heavy (non-hydrogen) atoms. The Morgan fingerprint density at radius 3 is 2.89 bits per heavy atom. The van der Waals surface area contributed by atoms with E-state index in [2.05, 4.69) is 48.2 Å². The third-order valence-electron chi connectivity index (χ3n) is 2.90. The van der Waals surface area contributed by atoms with Crippen LogP contribution in [0.3, 0.4) is 0 Å². The molecule has 0 aliphatic rings. The Kier molecular flexibility index (Phi) is 3.99. The van der Waals surface area contributed by atoms with Crippen LogP contribution in [0.4, 0.5) is 5.69 Å². The lowest BCUT2D eigenvalue weighted by molar-refractivity contribution is 0.305. The maximum atomic E-state index is 5.63. The standard InChI is InChI=1S/C14H20N4/c1-12-4-3-5-13(8-12)10-17(2)6-7-18-11-14(15)9-16-18/h3-5,8-9,11H,6-7,10,15H2,1-2H3. The molecule has 0 aliphatic carbocycles. The number of aromatic nitrogens is 2. The fourth-order valence-electron chi connectivity index (χ4n) is 1.98. The number of aryl methyl sites for hydroxylation is 1. The Balaban J connectivity index is 1.83. The van der Waals surface area contributed by atoms with E-state index in [9.17, 15) is 0 Å². The van der Waals surface area contributed by atoms with E-state index in [-0.39, 0.29) is 0 Å². The van der Waals surface area contributed by atoms with Crippen molar-refractivity contribution in [2.24, 2.45) is 0 Å². The van der Waals surface area contributed by atoms with Gasteiger partial charge in [0.2, 0.25) is 0 Å². The highest BCUT2D eigenvalue weighted by molar-refractivity contribution is 5.30. The van der Waals surface area contributed by atoms with Gasteiger partial charge in [-0.05, 0) is 19.5 Å². The van der Waals surface area contributed by atoms with E-state index >= 15 is 0 Å². The van der Waals surface area contributed by atoms with Crippen molar-refractivity contribution in [3.05, 3.63) is 47.8 Å². The molecule has 0 radical (unpaired) electrons. The fourth-order valence-corrected chi connectivity index (χ4v) is 1.98. The molecule has 0 unspecified atom stereocenters. The highest BCUT2D eigenvalue weighted by Gasteiger charge is 2.02. The van der Waals surface area contributed by atoms with Crippen molar-refractivity contribution < 1.29 is 0 Å². The minimum atomic E-state index is 0.719. The molecule has 0 saturated heterocycles. The summed E-state index contributed by atoms with van der Waals surface area (Å²) in [4.78, 5) is 2.28. The Labute approximate surface area is 108 Å². The average molecular weight is 244 g/mol. The Morgan fingerprint density at radius 1 is 1.39 bits per heavy atom. The fraction of sp³-hybridized carbons (Fsp3) is 0.357. The van der Waals surface area contributed by atoms with Crippen LogP contribution in [-0.4, -0.2) is 28.3 Å². The predicted octanol–water partition coefficient (Wildman–Crippen LogP) is 1.91. The van der Waals surface area contributed by atoms with Gasteiger partial charge in [-0.15, -0.1) is 0 Å². The largest absolute Gasteiger partial charge is 0.396 e. The third kappa shape index (κ3) is 3.60. The van der Waals surface area contributed by atoms with Gasteiger partial charge in [-0.3, -0.25) is 4.68 Å². The first-order chi connectivity index (χ1) is 8.63. The zero-order chi connectivity index (χ0) is 13.0. The summed E-state index contributed by atoms with van der Waals surface area (Å²) in [5.41, 5.74) is 9.00. The van der Waals surface area contributed by atoms with Crippen molar-refractivity contribution in [3.63, 3.8) is 0 Å². The normalized spacial score (nSPS) is 11.1. The summed E-state index contributed by atoms with van der Waals surface area (Å²) < 4.78 is 1.88. The summed E-state index contributed by atoms with van der Waals surface area (Å²) in [6.07, 6.45) is 3.54. The molecule has 1 heterocycles. The first-order valence-electron chi connectivity index (χ1n) is 6.15. The van der Waals surface area contributed by atoms with Crippen molar-refractivity contribution in [1.82, 2.24) is 14.7 Å². The second-order valence-corrected chi connectivity index (χ2v) is 4.76. The molecule has 2 aromatic rings. The Hall–Kier alpha value is -1.81. The summed E-state index contributed by atoms with van der Waals surface area (Å²) in [6, 6.07) is 8.61. The minimum Gasteiger partial charge on any atom is -0.396 e. The molecule has 4 nitrogen and oxygen atoms in total. The van der Waals surface area contributed by atoms with Crippen LogP contribution in [0.1, 0.15) is 11.1 Å². The number of rotatable bonds is 5. The van der Waals surface area contributed by atoms with Crippen molar-refractivity contribution in [2.75, 3.05) is 19.3 Å². The van der Waals surface area contributed by atoms with Gasteiger partial charge in [-0.25, -0.2) is 0 Å². The molecular weight excluding hydrogens is 224 g/mol. The van der Waals surface area contributed by atoms with Crippen LogP contribution in [0.15, 0.2) is 36.7 Å². The van der Waals surface area contributed by atoms with Crippen molar-refractivity contribution >= 4 is 5.69 Å². The van der Waals surface area contributed by atoms with Gasteiger partial charge in [0.15, 0.2) is 0 Å². The molecular formula is C14H20N4. The van der Waals surface area contributed by atoms with Gasteiger partial charge < -0.3 is 10.6 Å². The molecule has 1 aromatic carbocycles. The summed E-state index contributed by atoms with van der Waals surface area (Å²) in [7, 11) is 2.12. The topological polar surface area (TPSA) is 47.1 Å². The van der Waals surface area contributed by atoms with E-state index in [4.69, 9.17) is 5.73 Å². The summed E-state index contributed by atoms with van der Waals surface area (Å²) in [5, 5.41) is 4.17. The van der Waals surface area contributed by atoms with E-state index in [0.717, 1.165) is 25.3 Å². The molecule has 0 saturated carbocycles. The molecule has 96 valence electrons. The van der Waals surface area contributed by atoms with E-state index in [1.165, 1.54) is 11.1 Å². The molecule has 1 aromatic heterocycles. The lowest BCUT2D eigenvalue weighted by Crippen LogP contribution is -2.23. The maximum absolute atomic E-state index is 5.63. The molecule has 0 spiro atoms. The summed E-state index contributed by atoms with van der Waals surface area (Å²) in [5.74, 6) is 0. The molecule has 2 N–H and O–H groups in total. The smallest absolute Gasteiger partial charge is 0.0719 e. The van der Waals surface area contributed by atoms with Crippen molar-refractivity contribution in [1.29, 1.82) is 0 Å². The summed E-state index contributed by atoms with van der Waals surface area (Å²) in [6.45, 7) is 4.89. The van der Waals surface area contributed by atoms with Crippen LogP contribution in [0.5, 0.6) is 0 Å². The lowest BCUT2D eigenvalue weighted by Gasteiger charge is -2.16. The zero-order valence-electron chi connectivity index (χ0n) is 11.0. The first-order valence-corrected chi connectivity index (χ1v) is 6.15. The van der Waals surface area contributed by atoms with E-state index < -0.39 is 0 Å². The van der Waals surface area contributed by atoms with Gasteiger partial charge in [-0.1, -0.05) is 29.8 Å². The zero-order valence-corrected chi connectivity index (χ0v) is 11.0. The number of nitrogen functional groups attached to an aromatic ring is 1. The second-order valence-electron chi connectivity index (χ2n) is 4.76. The van der Waals surface area contributed by atoms with Gasteiger partial charge in [-0.2, -0.15) is 5.10 Å². The number of hydrogen-bond acceptors (Lipinski definition) is 3. The predicted molar refractivity (Wildman–Crippen MR) is 74.2 cm³/mol. The average Bonchev–Trinajstić information content (AvgIpc) is 2.73. The quantitative estimate of drug-likeness (QED) is 0.874. The second kappa shape index (κ2) is 5.69. The molecule has 0 amide bonds. The van der Waals surface area contributed by atoms with Crippen molar-refractivity contribution in [3.8, 4) is 0 Å². The summed E-state index contributed by atoms with van der Waals surface area (Å²) >= 11 is 0. The highest BCUT2D eigenvalue weighted by atomic mass is 15.3. The molecule has 0 atom stereocenters. The van der Waals surface area contributed by atoms with Crippen molar-refractivity contribution in [2.45, 2.75) is 20.0 Å². The molecule has 0 fully saturated rings. The number of nitrogens with two attached hydrogens (primary N) is 1. The van der Waals surface area contributed by atoms with Crippen LogP contribution < -0.4 is 5.73 Å². The van der Waals surface area contributed by atoms with Crippen LogP contribution in [0, 0.1) is 6.92 Å². The molecule has 4 heteroatoms. The first kappa shape index (κ1) is 12.6. The molecule has 0 aliphatic heterocycles. The van der Waals surface area contributed by atoms with Crippen LogP contribution in [0.2, 0.25) is 0 Å². The number of benzene rings is 1. The van der Waals surface area contributed by atoms with Gasteiger partial charge in [0.05, 0.1) is 18.4 Å². The maximum Gasteiger partial charge on any atom is 0.0719 e. The highest BCUT2D eigenvalue weighted by Crippen LogP contribution is 2.06. The Bertz CT molecular complexity index is 504. The molecule has 0 bridgehead atoms. The van der Waals surface area contributed by atoms with Gasteiger partial charge in [0, 0.05) is 19.3 Å². The third-order valence-corrected chi connectivity index (χ3v) is 2.90. The van der Waals surface area contributed by atoms with Gasteiger partial charge in [0.25, 0.3) is 0 Å². The number of likely N-dealkylation sites (N-methyl/N-ethyl adjacent to an activating group) is 1. The SMILES string of the molecule is Cc1cccc(CN(C)CCn2cc(N)cn2)c1. The minimum absolute atomic E-state index is 0.719. The lowest BCUT2D eigenvalue weighted by atomic mass is 10.1. The van der Waals surface area contributed by atoms with Gasteiger partial charge >= 0.3 is 0 Å². The van der Waals surface area contributed by atoms with Crippen LogP contribution in [-0.2, 0) is 13.1 Å². The van der Waals surface area contributed by atoms with E-state index in [1.807, 2.05) is 10.9 Å². The number of hydrogen-bond donors (Lipinski definition) is 1. The number of anilines is 1. The van der Waals surface area contributed by atoms with E-state index in [1.54, 1.807) is 6.20 Å². The van der Waals surface area contributed by atoms with Crippen LogP contribution >= 0.6 is 0 Å². The molecule has 2 rings (SSSR count). The van der Waals surface area contributed by atoms with Crippen LogP contribution in [0.25, 0.3) is 0 Å². The number of nitrogens with zero attached hydrogens (tertiary/aromatic N) is 3.